The predicted molar refractivity (Wildman–Crippen MR) is 82.1 cm³/mol. The fourth-order valence-electron chi connectivity index (χ4n) is 1.73. The van der Waals surface area contributed by atoms with Gasteiger partial charge in [-0.15, -0.1) is 5.10 Å². The number of nitrogens with zero attached hydrogens (tertiary/aromatic N) is 3. The first kappa shape index (κ1) is 18.0. The summed E-state index contributed by atoms with van der Waals surface area (Å²) in [6.07, 6.45) is 1.93. The van der Waals surface area contributed by atoms with E-state index in [1.54, 1.807) is 4.68 Å². The first-order valence-electron chi connectivity index (χ1n) is 7.62. The Hall–Kier alpha value is -1.02. The Morgan fingerprint density at radius 3 is 2.67 bits per heavy atom. The smallest absolute Gasteiger partial charge is 0.0964 e. The van der Waals surface area contributed by atoms with Crippen molar-refractivity contribution in [3.05, 3.63) is 11.9 Å². The van der Waals surface area contributed by atoms with Crippen LogP contribution in [0.25, 0.3) is 0 Å². The number of hydrogen-bond acceptors (Lipinski definition) is 6. The fraction of sp³-hybridized carbons (Fsp3) is 0.857. The van der Waals surface area contributed by atoms with E-state index in [1.807, 2.05) is 13.2 Å². The Kier molecular flexibility index (Phi) is 9.98. The molecule has 1 heterocycles. The molecule has 1 aromatic heterocycles. The van der Waals surface area contributed by atoms with Crippen molar-refractivity contribution in [2.24, 2.45) is 5.92 Å². The first-order chi connectivity index (χ1) is 10.2. The Bertz CT molecular complexity index is 357. The first-order valence-corrected chi connectivity index (χ1v) is 7.62. The summed E-state index contributed by atoms with van der Waals surface area (Å²) in [7, 11) is 1.89. The molecule has 0 aliphatic carbocycles. The van der Waals surface area contributed by atoms with Gasteiger partial charge in [-0.3, -0.25) is 0 Å². The molecule has 0 spiro atoms. The van der Waals surface area contributed by atoms with E-state index >= 15 is 0 Å². The predicted octanol–water partition coefficient (Wildman–Crippen LogP) is 0.276. The number of aromatic nitrogens is 3. The van der Waals surface area contributed by atoms with Gasteiger partial charge in [0.15, 0.2) is 0 Å². The molecule has 0 unspecified atom stereocenters. The van der Waals surface area contributed by atoms with Crippen molar-refractivity contribution in [2.45, 2.75) is 26.9 Å². The van der Waals surface area contributed by atoms with Crippen molar-refractivity contribution < 1.29 is 9.47 Å². The summed E-state index contributed by atoms with van der Waals surface area (Å²) in [5.41, 5.74) is 0.940. The summed E-state index contributed by atoms with van der Waals surface area (Å²) in [5.74, 6) is 0.679. The van der Waals surface area contributed by atoms with Crippen molar-refractivity contribution in [3.8, 4) is 0 Å². The van der Waals surface area contributed by atoms with Gasteiger partial charge in [-0.25, -0.2) is 4.68 Å². The molecule has 0 atom stereocenters. The lowest BCUT2D eigenvalue weighted by Crippen LogP contribution is -2.24. The minimum absolute atomic E-state index is 0.613. The third kappa shape index (κ3) is 9.52. The topological polar surface area (TPSA) is 73.2 Å². The third-order valence-electron chi connectivity index (χ3n) is 2.76. The maximum atomic E-state index is 5.50. The van der Waals surface area contributed by atoms with Crippen LogP contribution in [0.1, 0.15) is 19.5 Å². The van der Waals surface area contributed by atoms with Gasteiger partial charge < -0.3 is 20.1 Å². The molecule has 0 saturated carbocycles. The molecule has 1 rings (SSSR count). The summed E-state index contributed by atoms with van der Waals surface area (Å²) < 4.78 is 12.8. The van der Waals surface area contributed by atoms with Gasteiger partial charge in [-0.05, 0) is 19.5 Å². The van der Waals surface area contributed by atoms with Crippen LogP contribution in [0.3, 0.4) is 0 Å². The van der Waals surface area contributed by atoms with Crippen LogP contribution in [0.15, 0.2) is 6.20 Å². The summed E-state index contributed by atoms with van der Waals surface area (Å²) >= 11 is 0. The number of hydrogen-bond donors (Lipinski definition) is 2. The normalized spacial score (nSPS) is 11.4. The van der Waals surface area contributed by atoms with Crippen LogP contribution in [0.5, 0.6) is 0 Å². The van der Waals surface area contributed by atoms with Gasteiger partial charge in [0, 0.05) is 19.3 Å². The van der Waals surface area contributed by atoms with Crippen molar-refractivity contribution in [1.29, 1.82) is 0 Å². The van der Waals surface area contributed by atoms with Crippen LogP contribution < -0.4 is 10.6 Å². The lowest BCUT2D eigenvalue weighted by Gasteiger charge is -2.08. The lowest BCUT2D eigenvalue weighted by atomic mass is 10.2. The molecule has 7 nitrogen and oxygen atoms in total. The highest BCUT2D eigenvalue weighted by molar-refractivity contribution is 4.90. The molecule has 7 heteroatoms. The van der Waals surface area contributed by atoms with Crippen molar-refractivity contribution in [3.63, 3.8) is 0 Å². The Morgan fingerprint density at radius 1 is 1.19 bits per heavy atom. The second kappa shape index (κ2) is 11.6. The monoisotopic (exact) mass is 299 g/mol. The van der Waals surface area contributed by atoms with Crippen LogP contribution in [-0.2, 0) is 22.6 Å². The van der Waals surface area contributed by atoms with E-state index in [1.165, 1.54) is 0 Å². The average molecular weight is 299 g/mol. The standard InChI is InChI=1S/C14H29N5O2/c1-13(2)10-16-4-6-20-8-9-21-7-5-19-12-14(11-15-3)17-18-19/h12-13,15-16H,4-11H2,1-3H3. The minimum Gasteiger partial charge on any atom is -0.378 e. The highest BCUT2D eigenvalue weighted by atomic mass is 16.5. The maximum Gasteiger partial charge on any atom is 0.0964 e. The summed E-state index contributed by atoms with van der Waals surface area (Å²) in [6, 6.07) is 0. The molecule has 0 saturated heterocycles. The minimum atomic E-state index is 0.613. The molecule has 0 amide bonds. The second-order valence-electron chi connectivity index (χ2n) is 5.33. The molecule has 0 aliphatic rings. The van der Waals surface area contributed by atoms with Crippen LogP contribution in [0.4, 0.5) is 0 Å². The SMILES string of the molecule is CNCc1cn(CCOCCOCCNCC(C)C)nn1. The largest absolute Gasteiger partial charge is 0.378 e. The summed E-state index contributed by atoms with van der Waals surface area (Å²) in [6.45, 7) is 10.4. The lowest BCUT2D eigenvalue weighted by molar-refractivity contribution is 0.0448. The Balaban J connectivity index is 1.88. The van der Waals surface area contributed by atoms with Gasteiger partial charge in [0.25, 0.3) is 0 Å². The molecule has 1 aromatic rings. The van der Waals surface area contributed by atoms with Gasteiger partial charge in [-0.2, -0.15) is 0 Å². The van der Waals surface area contributed by atoms with Crippen LogP contribution in [0, 0.1) is 5.92 Å². The van der Waals surface area contributed by atoms with E-state index in [0.29, 0.717) is 32.3 Å². The van der Waals surface area contributed by atoms with Crippen molar-refractivity contribution in [1.82, 2.24) is 25.6 Å². The van der Waals surface area contributed by atoms with Crippen molar-refractivity contribution >= 4 is 0 Å². The summed E-state index contributed by atoms with van der Waals surface area (Å²) in [4.78, 5) is 0. The van der Waals surface area contributed by atoms with E-state index in [9.17, 15) is 0 Å². The average Bonchev–Trinajstić information content (AvgIpc) is 2.88. The molecular formula is C14H29N5O2. The Morgan fingerprint density at radius 2 is 1.95 bits per heavy atom. The van der Waals surface area contributed by atoms with Gasteiger partial charge in [0.1, 0.15) is 0 Å². The van der Waals surface area contributed by atoms with Crippen LogP contribution in [0.2, 0.25) is 0 Å². The molecular weight excluding hydrogens is 270 g/mol. The zero-order valence-corrected chi connectivity index (χ0v) is 13.5. The van der Waals surface area contributed by atoms with Gasteiger partial charge in [-0.1, -0.05) is 19.1 Å². The van der Waals surface area contributed by atoms with E-state index in [4.69, 9.17) is 9.47 Å². The van der Waals surface area contributed by atoms with Gasteiger partial charge in [0.05, 0.1) is 38.7 Å². The molecule has 0 bridgehead atoms. The molecule has 0 aromatic carbocycles. The van der Waals surface area contributed by atoms with Crippen LogP contribution >= 0.6 is 0 Å². The third-order valence-corrected chi connectivity index (χ3v) is 2.76. The van der Waals surface area contributed by atoms with Gasteiger partial charge >= 0.3 is 0 Å². The highest BCUT2D eigenvalue weighted by Gasteiger charge is 1.99. The number of nitrogens with one attached hydrogen (secondary N) is 2. The molecule has 0 fully saturated rings. The zero-order valence-electron chi connectivity index (χ0n) is 13.5. The van der Waals surface area contributed by atoms with Gasteiger partial charge in [0.2, 0.25) is 0 Å². The molecule has 2 N–H and O–H groups in total. The molecule has 21 heavy (non-hydrogen) atoms. The van der Waals surface area contributed by atoms with E-state index < -0.39 is 0 Å². The maximum absolute atomic E-state index is 5.50. The number of rotatable bonds is 13. The van der Waals surface area contributed by atoms with Crippen molar-refractivity contribution in [2.75, 3.05) is 46.6 Å². The highest BCUT2D eigenvalue weighted by Crippen LogP contribution is 1.92. The Labute approximate surface area is 127 Å². The quantitative estimate of drug-likeness (QED) is 0.510. The van der Waals surface area contributed by atoms with E-state index in [0.717, 1.165) is 31.9 Å². The summed E-state index contributed by atoms with van der Waals surface area (Å²) in [5, 5.41) is 14.4. The molecule has 122 valence electrons. The van der Waals surface area contributed by atoms with E-state index in [2.05, 4.69) is 34.8 Å². The molecule has 0 radical (unpaired) electrons. The second-order valence-corrected chi connectivity index (χ2v) is 5.33. The van der Waals surface area contributed by atoms with E-state index in [-0.39, 0.29) is 0 Å². The number of ether oxygens (including phenoxy) is 2. The molecule has 0 aliphatic heterocycles. The zero-order chi connectivity index (χ0) is 15.3. The fourth-order valence-corrected chi connectivity index (χ4v) is 1.73. The van der Waals surface area contributed by atoms with Crippen LogP contribution in [-0.4, -0.2) is 61.6 Å².